The van der Waals surface area contributed by atoms with Gasteiger partial charge in [-0.15, -0.1) is 0 Å². The Kier molecular flexibility index (Phi) is 12.2. The van der Waals surface area contributed by atoms with E-state index in [1.54, 1.807) is 30.3 Å². The number of carbonyl (C=O) groups is 2. The molecule has 0 aliphatic heterocycles. The molecule has 4 aromatic carbocycles. The molecule has 0 unspecified atom stereocenters. The van der Waals surface area contributed by atoms with Crippen LogP contribution in [-0.2, 0) is 32.6 Å². The monoisotopic (exact) mass is 703 g/mol. The highest BCUT2D eigenvalue weighted by Gasteiger charge is 2.35. The topological polar surface area (TPSA) is 86.8 Å². The molecule has 4 rings (SSSR count). The molecule has 242 valence electrons. The molecule has 0 aliphatic carbocycles. The molecule has 9 heteroatoms. The molecular formula is C37H42BrN3O4S. The van der Waals surface area contributed by atoms with Crippen LogP contribution in [-0.4, -0.2) is 44.3 Å². The van der Waals surface area contributed by atoms with Crippen molar-refractivity contribution < 1.29 is 18.0 Å². The van der Waals surface area contributed by atoms with Gasteiger partial charge in [0.1, 0.15) is 12.6 Å². The van der Waals surface area contributed by atoms with E-state index in [0.717, 1.165) is 45.1 Å². The zero-order chi connectivity index (χ0) is 33.3. The van der Waals surface area contributed by atoms with Gasteiger partial charge in [-0.1, -0.05) is 107 Å². The van der Waals surface area contributed by atoms with Crippen molar-refractivity contribution in [2.45, 2.75) is 64.4 Å². The van der Waals surface area contributed by atoms with Crippen molar-refractivity contribution in [1.82, 2.24) is 10.2 Å². The fourth-order valence-electron chi connectivity index (χ4n) is 5.33. The second-order valence-electron chi connectivity index (χ2n) is 11.6. The lowest BCUT2D eigenvalue weighted by atomic mass is 10.0. The van der Waals surface area contributed by atoms with Gasteiger partial charge in [0.05, 0.1) is 10.6 Å². The van der Waals surface area contributed by atoms with E-state index in [1.807, 2.05) is 94.4 Å². The first-order chi connectivity index (χ1) is 22.0. The Balaban J connectivity index is 1.81. The average Bonchev–Trinajstić information content (AvgIpc) is 3.02. The Morgan fingerprint density at radius 1 is 0.826 bits per heavy atom. The van der Waals surface area contributed by atoms with Crippen molar-refractivity contribution in [2.24, 2.45) is 0 Å². The second-order valence-corrected chi connectivity index (χ2v) is 14.4. The molecule has 0 radical (unpaired) electrons. The third-order valence-electron chi connectivity index (χ3n) is 7.85. The molecule has 2 amide bonds. The zero-order valence-electron chi connectivity index (χ0n) is 26.9. The Morgan fingerprint density at radius 3 is 2.15 bits per heavy atom. The fourth-order valence-corrected chi connectivity index (χ4v) is 7.25. The van der Waals surface area contributed by atoms with E-state index in [-0.39, 0.29) is 23.8 Å². The average molecular weight is 705 g/mol. The van der Waals surface area contributed by atoms with E-state index in [1.165, 1.54) is 9.21 Å². The van der Waals surface area contributed by atoms with E-state index in [9.17, 15) is 18.0 Å². The minimum absolute atomic E-state index is 0.0857. The van der Waals surface area contributed by atoms with Crippen molar-refractivity contribution in [2.75, 3.05) is 17.4 Å². The predicted molar refractivity (Wildman–Crippen MR) is 188 cm³/mol. The second kappa shape index (κ2) is 16.1. The predicted octanol–water partition coefficient (Wildman–Crippen LogP) is 7.13. The van der Waals surface area contributed by atoms with Crippen LogP contribution < -0.4 is 9.62 Å². The lowest BCUT2D eigenvalue weighted by Crippen LogP contribution is -2.53. The molecule has 7 nitrogen and oxygen atoms in total. The van der Waals surface area contributed by atoms with Crippen LogP contribution in [0, 0.1) is 20.8 Å². The first-order valence-electron chi connectivity index (χ1n) is 15.5. The van der Waals surface area contributed by atoms with E-state index < -0.39 is 28.5 Å². The van der Waals surface area contributed by atoms with Gasteiger partial charge in [-0.2, -0.15) is 0 Å². The maximum Gasteiger partial charge on any atom is 0.264 e. The quantitative estimate of drug-likeness (QED) is 0.142. The lowest BCUT2D eigenvalue weighted by molar-refractivity contribution is -0.140. The van der Waals surface area contributed by atoms with Gasteiger partial charge in [0.25, 0.3) is 10.0 Å². The number of nitrogens with zero attached hydrogens (tertiary/aromatic N) is 2. The number of rotatable bonds is 14. The van der Waals surface area contributed by atoms with Crippen molar-refractivity contribution in [3.05, 3.63) is 129 Å². The summed E-state index contributed by atoms with van der Waals surface area (Å²) in [5.74, 6) is -0.762. The van der Waals surface area contributed by atoms with Gasteiger partial charge in [-0.3, -0.25) is 13.9 Å². The molecule has 0 bridgehead atoms. The standard InChI is InChI=1S/C37H42BrN3O4S/c1-5-6-21-39-37(43)35(24-30-11-8-7-9-12-30)40(25-31-13-10-14-32(38)23-31)36(42)26-41(34-20-17-28(3)22-29(34)4)46(44,45)33-18-15-27(2)16-19-33/h7-20,22-23,35H,5-6,21,24-26H2,1-4H3,(H,39,43)/t35-/m1/s1. The Labute approximate surface area is 281 Å². The molecule has 0 saturated carbocycles. The maximum absolute atomic E-state index is 14.6. The van der Waals surface area contributed by atoms with Crippen molar-refractivity contribution >= 4 is 43.5 Å². The normalized spacial score (nSPS) is 11.9. The van der Waals surface area contributed by atoms with Crippen LogP contribution in [0.2, 0.25) is 0 Å². The van der Waals surface area contributed by atoms with Crippen LogP contribution in [0.15, 0.2) is 106 Å². The van der Waals surface area contributed by atoms with Crippen molar-refractivity contribution in [3.63, 3.8) is 0 Å². The maximum atomic E-state index is 14.6. The molecule has 0 aromatic heterocycles. The number of amides is 2. The van der Waals surface area contributed by atoms with E-state index in [2.05, 4.69) is 21.2 Å². The first-order valence-corrected chi connectivity index (χ1v) is 17.7. The number of hydrogen-bond acceptors (Lipinski definition) is 4. The molecule has 0 aliphatic rings. The summed E-state index contributed by atoms with van der Waals surface area (Å²) in [6.45, 7) is 7.82. The smallest absolute Gasteiger partial charge is 0.264 e. The van der Waals surface area contributed by atoms with Gasteiger partial charge in [-0.05, 0) is 74.2 Å². The number of hydrogen-bond donors (Lipinski definition) is 1. The van der Waals surface area contributed by atoms with Gasteiger partial charge in [0, 0.05) is 24.0 Å². The first kappa shape index (κ1) is 34.9. The third kappa shape index (κ3) is 9.07. The number of aryl methyl sites for hydroxylation is 3. The molecule has 1 N–H and O–H groups in total. The van der Waals surface area contributed by atoms with Crippen LogP contribution >= 0.6 is 15.9 Å². The summed E-state index contributed by atoms with van der Waals surface area (Å²) >= 11 is 3.52. The number of sulfonamides is 1. The lowest BCUT2D eigenvalue weighted by Gasteiger charge is -2.34. The highest BCUT2D eigenvalue weighted by atomic mass is 79.9. The SMILES string of the molecule is CCCCNC(=O)[C@@H](Cc1ccccc1)N(Cc1cccc(Br)c1)C(=O)CN(c1ccc(C)cc1C)S(=O)(=O)c1ccc(C)cc1. The summed E-state index contributed by atoms with van der Waals surface area (Å²) in [4.78, 5) is 30.1. The number of unbranched alkanes of at least 4 members (excludes halogenated alkanes) is 1. The van der Waals surface area contributed by atoms with Crippen LogP contribution in [0.25, 0.3) is 0 Å². The van der Waals surface area contributed by atoms with Crippen molar-refractivity contribution in [1.29, 1.82) is 0 Å². The summed E-state index contributed by atoms with van der Waals surface area (Å²) in [7, 11) is -4.16. The Bertz CT molecular complexity index is 1740. The van der Waals surface area contributed by atoms with E-state index in [4.69, 9.17) is 0 Å². The van der Waals surface area contributed by atoms with Gasteiger partial charge >= 0.3 is 0 Å². The van der Waals surface area contributed by atoms with Crippen LogP contribution in [0.1, 0.15) is 47.6 Å². The summed E-state index contributed by atoms with van der Waals surface area (Å²) < 4.78 is 30.6. The summed E-state index contributed by atoms with van der Waals surface area (Å²) in [5.41, 5.74) is 4.73. The molecule has 0 saturated heterocycles. The summed E-state index contributed by atoms with van der Waals surface area (Å²) in [6, 6.07) is 28.3. The summed E-state index contributed by atoms with van der Waals surface area (Å²) in [6.07, 6.45) is 1.98. The fraction of sp³-hybridized carbons (Fsp3) is 0.297. The molecule has 0 heterocycles. The molecule has 0 fully saturated rings. The highest BCUT2D eigenvalue weighted by Crippen LogP contribution is 2.29. The Morgan fingerprint density at radius 2 is 1.50 bits per heavy atom. The number of halogens is 1. The number of carbonyl (C=O) groups excluding carboxylic acids is 2. The minimum Gasteiger partial charge on any atom is -0.354 e. The number of nitrogens with one attached hydrogen (secondary N) is 1. The van der Waals surface area contributed by atoms with Crippen LogP contribution in [0.3, 0.4) is 0 Å². The molecule has 46 heavy (non-hydrogen) atoms. The van der Waals surface area contributed by atoms with E-state index >= 15 is 0 Å². The van der Waals surface area contributed by atoms with Gasteiger partial charge in [0.2, 0.25) is 11.8 Å². The molecule has 1 atom stereocenters. The van der Waals surface area contributed by atoms with Crippen LogP contribution in [0.5, 0.6) is 0 Å². The van der Waals surface area contributed by atoms with E-state index in [0.29, 0.717) is 12.2 Å². The van der Waals surface area contributed by atoms with Gasteiger partial charge < -0.3 is 10.2 Å². The third-order valence-corrected chi connectivity index (χ3v) is 10.1. The number of benzene rings is 4. The van der Waals surface area contributed by atoms with Crippen molar-refractivity contribution in [3.8, 4) is 0 Å². The molecule has 4 aromatic rings. The number of anilines is 1. The molecular weight excluding hydrogens is 662 g/mol. The molecule has 0 spiro atoms. The van der Waals surface area contributed by atoms with Gasteiger partial charge in [0.15, 0.2) is 0 Å². The highest BCUT2D eigenvalue weighted by molar-refractivity contribution is 9.10. The van der Waals surface area contributed by atoms with Crippen LogP contribution in [0.4, 0.5) is 5.69 Å². The largest absolute Gasteiger partial charge is 0.354 e. The zero-order valence-corrected chi connectivity index (χ0v) is 29.3. The Hall–Kier alpha value is -3.95. The van der Waals surface area contributed by atoms with Gasteiger partial charge in [-0.25, -0.2) is 8.42 Å². The summed E-state index contributed by atoms with van der Waals surface area (Å²) in [5, 5.41) is 3.02. The minimum atomic E-state index is -4.16.